The van der Waals surface area contributed by atoms with Gasteiger partial charge < -0.3 is 9.47 Å². The predicted octanol–water partition coefficient (Wildman–Crippen LogP) is 2.02. The summed E-state index contributed by atoms with van der Waals surface area (Å²) in [6.07, 6.45) is 5.16. The number of nitro groups is 1. The number of rotatable bonds is 3. The Morgan fingerprint density at radius 3 is 2.76 bits per heavy atom. The van der Waals surface area contributed by atoms with Crippen LogP contribution in [-0.4, -0.2) is 38.4 Å². The van der Waals surface area contributed by atoms with Crippen LogP contribution >= 0.6 is 0 Å². The fourth-order valence-electron chi connectivity index (χ4n) is 2.42. The Balaban J connectivity index is 1.86. The Labute approximate surface area is 121 Å². The topological polar surface area (TPSA) is 81.3 Å². The first kappa shape index (κ1) is 13.3. The van der Waals surface area contributed by atoms with Gasteiger partial charge >= 0.3 is 0 Å². The second-order valence-electron chi connectivity index (χ2n) is 4.94. The number of amides is 1. The average molecular weight is 286 g/mol. The van der Waals surface area contributed by atoms with E-state index in [9.17, 15) is 14.9 Å². The third kappa shape index (κ3) is 2.62. The van der Waals surface area contributed by atoms with Crippen molar-refractivity contribution in [2.45, 2.75) is 12.8 Å². The Kier molecular flexibility index (Phi) is 3.39. The van der Waals surface area contributed by atoms with Gasteiger partial charge in [0.05, 0.1) is 10.6 Å². The van der Waals surface area contributed by atoms with Gasteiger partial charge in [-0.2, -0.15) is 0 Å². The van der Waals surface area contributed by atoms with Crippen molar-refractivity contribution in [2.75, 3.05) is 13.1 Å². The van der Waals surface area contributed by atoms with Crippen molar-refractivity contribution in [1.29, 1.82) is 0 Å². The maximum Gasteiger partial charge on any atom is 0.274 e. The van der Waals surface area contributed by atoms with E-state index in [1.54, 1.807) is 27.8 Å². The molecule has 0 radical (unpaired) electrons. The van der Waals surface area contributed by atoms with Crippen LogP contribution in [0.4, 0.5) is 5.69 Å². The normalized spacial score (nSPS) is 14.4. The Bertz CT molecular complexity index is 689. The van der Waals surface area contributed by atoms with Gasteiger partial charge in [0, 0.05) is 31.4 Å². The molecule has 1 saturated heterocycles. The lowest BCUT2D eigenvalue weighted by molar-refractivity contribution is -0.384. The van der Waals surface area contributed by atoms with E-state index in [1.165, 1.54) is 18.5 Å². The summed E-state index contributed by atoms with van der Waals surface area (Å²) in [6.45, 7) is 1.53. The lowest BCUT2D eigenvalue weighted by atomic mass is 10.3. The highest BCUT2D eigenvalue weighted by Crippen LogP contribution is 2.18. The summed E-state index contributed by atoms with van der Waals surface area (Å²) < 4.78 is 1.62. The lowest BCUT2D eigenvalue weighted by Crippen LogP contribution is -2.27. The van der Waals surface area contributed by atoms with Crippen molar-refractivity contribution in [3.8, 4) is 5.69 Å². The molecule has 1 aliphatic rings. The van der Waals surface area contributed by atoms with E-state index in [4.69, 9.17) is 0 Å². The van der Waals surface area contributed by atoms with Crippen LogP contribution in [-0.2, 0) is 0 Å². The molecule has 1 aromatic heterocycles. The highest BCUT2D eigenvalue weighted by Gasteiger charge is 2.21. The molecule has 0 atom stereocenters. The minimum absolute atomic E-state index is 0.00798. The quantitative estimate of drug-likeness (QED) is 0.638. The largest absolute Gasteiger partial charge is 0.337 e. The van der Waals surface area contributed by atoms with Crippen LogP contribution in [0.2, 0.25) is 0 Å². The zero-order chi connectivity index (χ0) is 14.8. The second-order valence-corrected chi connectivity index (χ2v) is 4.94. The summed E-state index contributed by atoms with van der Waals surface area (Å²) in [6, 6.07) is 6.22. The van der Waals surface area contributed by atoms with Crippen molar-refractivity contribution >= 4 is 11.6 Å². The van der Waals surface area contributed by atoms with Crippen LogP contribution < -0.4 is 0 Å². The third-order valence-corrected chi connectivity index (χ3v) is 3.53. The van der Waals surface area contributed by atoms with E-state index < -0.39 is 4.92 Å². The van der Waals surface area contributed by atoms with Gasteiger partial charge in [-0.25, -0.2) is 4.98 Å². The molecule has 1 fully saturated rings. The number of non-ortho nitro benzene ring substituents is 1. The first-order valence-corrected chi connectivity index (χ1v) is 6.73. The lowest BCUT2D eigenvalue weighted by Gasteiger charge is -2.12. The second kappa shape index (κ2) is 5.35. The Morgan fingerprint density at radius 1 is 1.29 bits per heavy atom. The molecule has 1 aromatic carbocycles. The summed E-state index contributed by atoms with van der Waals surface area (Å²) in [5.74, 6) is -0.0864. The molecular weight excluding hydrogens is 272 g/mol. The number of hydrogen-bond donors (Lipinski definition) is 0. The number of nitro benzene ring substituents is 1. The van der Waals surface area contributed by atoms with Crippen molar-refractivity contribution in [3.05, 3.63) is 52.6 Å². The Morgan fingerprint density at radius 2 is 2.05 bits per heavy atom. The standard InChI is InChI=1S/C14H14N4O3/c19-14(16-6-1-2-7-16)13-9-17(10-15-13)11-4-3-5-12(8-11)18(20)21/h3-5,8-10H,1-2,6-7H2. The molecule has 0 unspecified atom stereocenters. The maximum atomic E-state index is 12.2. The number of hydrogen-bond acceptors (Lipinski definition) is 4. The predicted molar refractivity (Wildman–Crippen MR) is 75.4 cm³/mol. The zero-order valence-electron chi connectivity index (χ0n) is 11.3. The molecule has 0 spiro atoms. The summed E-state index contributed by atoms with van der Waals surface area (Å²) in [5, 5.41) is 10.8. The number of carbonyl (C=O) groups excluding carboxylic acids is 1. The average Bonchev–Trinajstić information content (AvgIpc) is 3.18. The Hall–Kier alpha value is -2.70. The van der Waals surface area contributed by atoms with Gasteiger partial charge in [0.15, 0.2) is 0 Å². The van der Waals surface area contributed by atoms with Crippen LogP contribution in [0.25, 0.3) is 5.69 Å². The fourth-order valence-corrected chi connectivity index (χ4v) is 2.42. The molecule has 108 valence electrons. The number of aromatic nitrogens is 2. The molecule has 2 aromatic rings. The summed E-state index contributed by atoms with van der Waals surface area (Å²) in [7, 11) is 0. The molecular formula is C14H14N4O3. The van der Waals surface area contributed by atoms with Crippen molar-refractivity contribution in [1.82, 2.24) is 14.5 Å². The summed E-state index contributed by atoms with van der Waals surface area (Å²) >= 11 is 0. The van der Waals surface area contributed by atoms with Crippen molar-refractivity contribution in [2.24, 2.45) is 0 Å². The van der Waals surface area contributed by atoms with Gasteiger partial charge in [-0.3, -0.25) is 14.9 Å². The van der Waals surface area contributed by atoms with Crippen LogP contribution in [0.5, 0.6) is 0 Å². The molecule has 7 heteroatoms. The number of benzene rings is 1. The van der Waals surface area contributed by atoms with Crippen molar-refractivity contribution < 1.29 is 9.72 Å². The third-order valence-electron chi connectivity index (χ3n) is 3.53. The maximum absolute atomic E-state index is 12.2. The van der Waals surface area contributed by atoms with Crippen LogP contribution in [0.3, 0.4) is 0 Å². The number of nitrogens with zero attached hydrogens (tertiary/aromatic N) is 4. The molecule has 0 aliphatic carbocycles. The molecule has 7 nitrogen and oxygen atoms in total. The van der Waals surface area contributed by atoms with Gasteiger partial charge in [0.25, 0.3) is 11.6 Å². The van der Waals surface area contributed by atoms with E-state index in [2.05, 4.69) is 4.98 Å². The molecule has 1 amide bonds. The minimum Gasteiger partial charge on any atom is -0.337 e. The molecule has 1 aliphatic heterocycles. The first-order chi connectivity index (χ1) is 10.1. The fraction of sp³-hybridized carbons (Fsp3) is 0.286. The number of likely N-dealkylation sites (tertiary alicyclic amines) is 1. The SMILES string of the molecule is O=C(c1cn(-c2cccc([N+](=O)[O-])c2)cn1)N1CCCC1. The molecule has 0 bridgehead atoms. The number of imidazole rings is 1. The molecule has 0 N–H and O–H groups in total. The van der Waals surface area contributed by atoms with Gasteiger partial charge in [0.2, 0.25) is 0 Å². The molecule has 2 heterocycles. The summed E-state index contributed by atoms with van der Waals surface area (Å²) in [5.41, 5.74) is 0.981. The van der Waals surface area contributed by atoms with Gasteiger partial charge in [-0.15, -0.1) is 0 Å². The monoisotopic (exact) mass is 286 g/mol. The molecule has 0 saturated carbocycles. The molecule has 21 heavy (non-hydrogen) atoms. The number of carbonyl (C=O) groups is 1. The van der Waals surface area contributed by atoms with Gasteiger partial charge in [0.1, 0.15) is 12.0 Å². The molecule has 3 rings (SSSR count). The minimum atomic E-state index is -0.448. The van der Waals surface area contributed by atoms with E-state index in [-0.39, 0.29) is 11.6 Å². The van der Waals surface area contributed by atoms with E-state index >= 15 is 0 Å². The van der Waals surface area contributed by atoms with E-state index in [0.29, 0.717) is 11.4 Å². The van der Waals surface area contributed by atoms with Crippen LogP contribution in [0.15, 0.2) is 36.8 Å². The van der Waals surface area contributed by atoms with E-state index in [1.807, 2.05) is 0 Å². The first-order valence-electron chi connectivity index (χ1n) is 6.73. The van der Waals surface area contributed by atoms with Crippen LogP contribution in [0, 0.1) is 10.1 Å². The van der Waals surface area contributed by atoms with E-state index in [0.717, 1.165) is 25.9 Å². The van der Waals surface area contributed by atoms with Crippen LogP contribution in [0.1, 0.15) is 23.3 Å². The highest BCUT2D eigenvalue weighted by atomic mass is 16.6. The van der Waals surface area contributed by atoms with Gasteiger partial charge in [-0.05, 0) is 18.9 Å². The van der Waals surface area contributed by atoms with Gasteiger partial charge in [-0.1, -0.05) is 6.07 Å². The summed E-state index contributed by atoms with van der Waals surface area (Å²) in [4.78, 5) is 28.4. The highest BCUT2D eigenvalue weighted by molar-refractivity contribution is 5.92. The van der Waals surface area contributed by atoms with Crippen molar-refractivity contribution in [3.63, 3.8) is 0 Å². The smallest absolute Gasteiger partial charge is 0.274 e. The zero-order valence-corrected chi connectivity index (χ0v) is 11.3.